The Bertz CT molecular complexity index is 309. The second-order valence-corrected chi connectivity index (χ2v) is 4.40. The van der Waals surface area contributed by atoms with Gasteiger partial charge in [-0.1, -0.05) is 57.2 Å². The van der Waals surface area contributed by atoms with Gasteiger partial charge in [0.15, 0.2) is 0 Å². The lowest BCUT2D eigenvalue weighted by Gasteiger charge is -2.04. The molecule has 0 heterocycles. The van der Waals surface area contributed by atoms with Crippen molar-refractivity contribution in [1.82, 2.24) is 5.32 Å². The summed E-state index contributed by atoms with van der Waals surface area (Å²) in [7, 11) is 0. The Balaban J connectivity index is 2.32. The molecule has 1 heteroatoms. The fourth-order valence-electron chi connectivity index (χ4n) is 1.54. The Morgan fingerprint density at radius 3 is 2.44 bits per heavy atom. The molecular formula is C15H23N. The molecule has 0 aliphatic heterocycles. The van der Waals surface area contributed by atoms with E-state index in [1.807, 2.05) is 0 Å². The molecule has 0 atom stereocenters. The maximum absolute atomic E-state index is 3.40. The molecule has 16 heavy (non-hydrogen) atoms. The van der Waals surface area contributed by atoms with E-state index in [2.05, 4.69) is 62.5 Å². The van der Waals surface area contributed by atoms with Crippen molar-refractivity contribution in [3.8, 4) is 0 Å². The van der Waals surface area contributed by atoms with Crippen molar-refractivity contribution in [2.45, 2.75) is 39.7 Å². The molecule has 1 aromatic rings. The average Bonchev–Trinajstić information content (AvgIpc) is 2.29. The van der Waals surface area contributed by atoms with Gasteiger partial charge in [-0.25, -0.2) is 0 Å². The van der Waals surface area contributed by atoms with Gasteiger partial charge in [-0.15, -0.1) is 0 Å². The first kappa shape index (κ1) is 13.0. The van der Waals surface area contributed by atoms with E-state index in [9.17, 15) is 0 Å². The lowest BCUT2D eigenvalue weighted by molar-refractivity contribution is 0.595. The zero-order valence-electron chi connectivity index (χ0n) is 10.7. The summed E-state index contributed by atoms with van der Waals surface area (Å²) in [5, 5.41) is 3.40. The molecule has 0 saturated carbocycles. The monoisotopic (exact) mass is 217 g/mol. The van der Waals surface area contributed by atoms with Gasteiger partial charge in [-0.2, -0.15) is 0 Å². The summed E-state index contributed by atoms with van der Waals surface area (Å²) in [5.41, 5.74) is 2.69. The van der Waals surface area contributed by atoms with Crippen LogP contribution in [0.1, 0.15) is 38.3 Å². The van der Waals surface area contributed by atoms with Crippen LogP contribution in [0.5, 0.6) is 0 Å². The number of rotatable bonds is 6. The minimum absolute atomic E-state index is 0.581. The van der Waals surface area contributed by atoms with E-state index in [0.29, 0.717) is 6.04 Å². The van der Waals surface area contributed by atoms with Crippen LogP contribution in [0.2, 0.25) is 0 Å². The van der Waals surface area contributed by atoms with E-state index in [4.69, 9.17) is 0 Å². The molecule has 0 aromatic heterocycles. The topological polar surface area (TPSA) is 12.0 Å². The Morgan fingerprint density at radius 2 is 1.88 bits per heavy atom. The predicted molar refractivity (Wildman–Crippen MR) is 72.6 cm³/mol. The molecule has 0 spiro atoms. The first-order valence-electron chi connectivity index (χ1n) is 6.21. The normalized spacial score (nSPS) is 11.5. The molecule has 1 rings (SSSR count). The van der Waals surface area contributed by atoms with Gasteiger partial charge in [0.2, 0.25) is 0 Å². The molecule has 0 unspecified atom stereocenters. The van der Waals surface area contributed by atoms with E-state index < -0.39 is 0 Å². The highest BCUT2D eigenvalue weighted by Gasteiger charge is 1.90. The fraction of sp³-hybridized carbons (Fsp3) is 0.467. The molecule has 0 radical (unpaired) electrons. The van der Waals surface area contributed by atoms with Crippen LogP contribution < -0.4 is 5.32 Å². The maximum atomic E-state index is 3.40. The lowest BCUT2D eigenvalue weighted by Crippen LogP contribution is -2.23. The van der Waals surface area contributed by atoms with Crippen molar-refractivity contribution in [2.75, 3.05) is 6.54 Å². The molecule has 0 saturated heterocycles. The highest BCUT2D eigenvalue weighted by molar-refractivity contribution is 5.49. The Hall–Kier alpha value is -1.08. The van der Waals surface area contributed by atoms with Crippen LogP contribution >= 0.6 is 0 Å². The first-order chi connectivity index (χ1) is 7.72. The molecule has 88 valence electrons. The Morgan fingerprint density at radius 1 is 1.19 bits per heavy atom. The van der Waals surface area contributed by atoms with Gasteiger partial charge in [0.05, 0.1) is 0 Å². The van der Waals surface area contributed by atoms with Gasteiger partial charge < -0.3 is 5.32 Å². The summed E-state index contributed by atoms with van der Waals surface area (Å²) in [6, 6.07) is 9.35. The summed E-state index contributed by atoms with van der Waals surface area (Å²) in [4.78, 5) is 0. The van der Waals surface area contributed by atoms with Crippen LogP contribution in [0.15, 0.2) is 30.3 Å². The van der Waals surface area contributed by atoms with Crippen LogP contribution in [-0.2, 0) is 6.42 Å². The van der Waals surface area contributed by atoms with Crippen LogP contribution in [0.4, 0.5) is 0 Å². The molecule has 0 aliphatic rings. The standard InChI is InChI=1S/C15H23N/c1-4-14-8-10-15(11-9-14)7-5-6-12-16-13(2)3/h5,7-11,13,16H,4,6,12H2,1-3H3. The molecule has 1 aromatic carbocycles. The van der Waals surface area contributed by atoms with Gasteiger partial charge >= 0.3 is 0 Å². The van der Waals surface area contributed by atoms with E-state index >= 15 is 0 Å². The predicted octanol–water partition coefficient (Wildman–Crippen LogP) is 3.65. The van der Waals surface area contributed by atoms with E-state index in [1.54, 1.807) is 0 Å². The quantitative estimate of drug-likeness (QED) is 0.717. The molecule has 0 aliphatic carbocycles. The van der Waals surface area contributed by atoms with Crippen molar-refractivity contribution >= 4 is 6.08 Å². The van der Waals surface area contributed by atoms with E-state index in [-0.39, 0.29) is 0 Å². The first-order valence-corrected chi connectivity index (χ1v) is 6.21. The van der Waals surface area contributed by atoms with Crippen LogP contribution in [0.3, 0.4) is 0 Å². The van der Waals surface area contributed by atoms with Gasteiger partial charge in [-0.3, -0.25) is 0 Å². The number of hydrogen-bond acceptors (Lipinski definition) is 1. The summed E-state index contributed by atoms with van der Waals surface area (Å²) in [5.74, 6) is 0. The molecule has 1 N–H and O–H groups in total. The summed E-state index contributed by atoms with van der Waals surface area (Å²) in [6.45, 7) is 7.59. The zero-order chi connectivity index (χ0) is 11.8. The highest BCUT2D eigenvalue weighted by atomic mass is 14.9. The number of benzene rings is 1. The molecular weight excluding hydrogens is 194 g/mol. The summed E-state index contributed by atoms with van der Waals surface area (Å²) in [6.07, 6.45) is 6.63. The minimum Gasteiger partial charge on any atom is -0.314 e. The van der Waals surface area contributed by atoms with Crippen LogP contribution in [0, 0.1) is 0 Å². The van der Waals surface area contributed by atoms with Crippen molar-refractivity contribution < 1.29 is 0 Å². The molecule has 1 nitrogen and oxygen atoms in total. The van der Waals surface area contributed by atoms with E-state index in [0.717, 1.165) is 19.4 Å². The average molecular weight is 217 g/mol. The second-order valence-electron chi connectivity index (χ2n) is 4.40. The molecule has 0 bridgehead atoms. The lowest BCUT2D eigenvalue weighted by atomic mass is 10.1. The number of nitrogens with one attached hydrogen (secondary N) is 1. The fourth-order valence-corrected chi connectivity index (χ4v) is 1.54. The number of hydrogen-bond donors (Lipinski definition) is 1. The van der Waals surface area contributed by atoms with Crippen molar-refractivity contribution in [3.63, 3.8) is 0 Å². The maximum Gasteiger partial charge on any atom is 0.00105 e. The van der Waals surface area contributed by atoms with Gasteiger partial charge in [0.1, 0.15) is 0 Å². The summed E-state index contributed by atoms with van der Waals surface area (Å²) < 4.78 is 0. The third kappa shape index (κ3) is 5.13. The van der Waals surface area contributed by atoms with Crippen LogP contribution in [-0.4, -0.2) is 12.6 Å². The summed E-state index contributed by atoms with van der Waals surface area (Å²) >= 11 is 0. The Labute approximate surface area is 99.6 Å². The SMILES string of the molecule is CCc1ccc(C=CCCNC(C)C)cc1. The van der Waals surface area contributed by atoms with Crippen LogP contribution in [0.25, 0.3) is 6.08 Å². The van der Waals surface area contributed by atoms with Gasteiger partial charge in [0.25, 0.3) is 0 Å². The number of aryl methyl sites for hydroxylation is 1. The van der Waals surface area contributed by atoms with Crippen molar-refractivity contribution in [3.05, 3.63) is 41.5 Å². The van der Waals surface area contributed by atoms with Crippen molar-refractivity contribution in [2.24, 2.45) is 0 Å². The smallest absolute Gasteiger partial charge is 0.00105 e. The van der Waals surface area contributed by atoms with E-state index in [1.165, 1.54) is 11.1 Å². The van der Waals surface area contributed by atoms with Gasteiger partial charge in [0, 0.05) is 6.04 Å². The largest absolute Gasteiger partial charge is 0.314 e. The minimum atomic E-state index is 0.581. The third-order valence-electron chi connectivity index (χ3n) is 2.56. The second kappa shape index (κ2) is 7.24. The highest BCUT2D eigenvalue weighted by Crippen LogP contribution is 2.06. The Kier molecular flexibility index (Phi) is 5.87. The zero-order valence-corrected chi connectivity index (χ0v) is 10.7. The third-order valence-corrected chi connectivity index (χ3v) is 2.56. The van der Waals surface area contributed by atoms with Gasteiger partial charge in [-0.05, 0) is 30.5 Å². The molecule has 0 amide bonds. The van der Waals surface area contributed by atoms with Crippen molar-refractivity contribution in [1.29, 1.82) is 0 Å². The molecule has 0 fully saturated rings.